The van der Waals surface area contributed by atoms with Gasteiger partial charge in [-0.2, -0.15) is 13.2 Å². The summed E-state index contributed by atoms with van der Waals surface area (Å²) in [6.45, 7) is 1.87. The molecule has 0 radical (unpaired) electrons. The van der Waals surface area contributed by atoms with Gasteiger partial charge in [0.05, 0.1) is 5.56 Å². The van der Waals surface area contributed by atoms with Crippen molar-refractivity contribution >= 4 is 17.4 Å². The Balaban J connectivity index is 1.82. The van der Waals surface area contributed by atoms with Gasteiger partial charge in [0.25, 0.3) is 5.91 Å². The van der Waals surface area contributed by atoms with Gasteiger partial charge in [0.15, 0.2) is 0 Å². The van der Waals surface area contributed by atoms with Crippen LogP contribution in [0, 0.1) is 6.92 Å². The van der Waals surface area contributed by atoms with Crippen molar-refractivity contribution in [3.05, 3.63) is 59.7 Å². The molecule has 0 bridgehead atoms. The lowest BCUT2D eigenvalue weighted by molar-refractivity contribution is -0.137. The number of anilines is 1. The van der Waals surface area contributed by atoms with Crippen LogP contribution in [0.25, 0.3) is 5.65 Å². The Morgan fingerprint density at radius 2 is 2.00 bits per heavy atom. The van der Waals surface area contributed by atoms with E-state index in [-0.39, 0.29) is 11.5 Å². The molecule has 1 N–H and O–H groups in total. The molecule has 0 fully saturated rings. The minimum absolute atomic E-state index is 0.0248. The van der Waals surface area contributed by atoms with Gasteiger partial charge < -0.3 is 9.72 Å². The molecule has 0 spiro atoms. The number of alkyl halides is 3. The number of nitrogens with zero attached hydrogens (tertiary/aromatic N) is 3. The average Bonchev–Trinajstić information content (AvgIpc) is 2.92. The van der Waals surface area contributed by atoms with E-state index < -0.39 is 17.6 Å². The SMILES string of the molecule is Cc1cccc2nc(C(=O)Nc3ccc(C(F)(F)F)cn3)cn12. The number of carbonyl (C=O) groups excluding carboxylic acids is 1. The maximum atomic E-state index is 12.5. The third-order valence-corrected chi connectivity index (χ3v) is 3.26. The van der Waals surface area contributed by atoms with Crippen molar-refractivity contribution in [3.8, 4) is 0 Å². The molecule has 3 heterocycles. The summed E-state index contributed by atoms with van der Waals surface area (Å²) >= 11 is 0. The van der Waals surface area contributed by atoms with Gasteiger partial charge in [0.1, 0.15) is 17.2 Å². The zero-order chi connectivity index (χ0) is 16.6. The molecular formula is C15H11F3N4O. The van der Waals surface area contributed by atoms with Gasteiger partial charge in [0.2, 0.25) is 0 Å². The quantitative estimate of drug-likeness (QED) is 0.788. The van der Waals surface area contributed by atoms with Gasteiger partial charge in [-0.3, -0.25) is 4.79 Å². The zero-order valence-electron chi connectivity index (χ0n) is 11.9. The summed E-state index contributed by atoms with van der Waals surface area (Å²) < 4.78 is 39.1. The van der Waals surface area contributed by atoms with Crippen LogP contribution in [0.5, 0.6) is 0 Å². The van der Waals surface area contributed by atoms with Crippen LogP contribution in [0.15, 0.2) is 42.7 Å². The van der Waals surface area contributed by atoms with Crippen LogP contribution in [-0.4, -0.2) is 20.3 Å². The monoisotopic (exact) mass is 320 g/mol. The van der Waals surface area contributed by atoms with E-state index >= 15 is 0 Å². The molecule has 0 saturated heterocycles. The van der Waals surface area contributed by atoms with E-state index in [9.17, 15) is 18.0 Å². The van der Waals surface area contributed by atoms with E-state index in [1.807, 2.05) is 19.1 Å². The fourth-order valence-corrected chi connectivity index (χ4v) is 2.07. The molecule has 0 atom stereocenters. The largest absolute Gasteiger partial charge is 0.417 e. The molecule has 8 heteroatoms. The molecule has 0 aliphatic carbocycles. The molecule has 0 aromatic carbocycles. The Bertz CT molecular complexity index is 869. The van der Waals surface area contributed by atoms with Gasteiger partial charge in [-0.15, -0.1) is 0 Å². The van der Waals surface area contributed by atoms with Crippen LogP contribution in [0.2, 0.25) is 0 Å². The molecule has 0 aliphatic heterocycles. The molecule has 3 aromatic rings. The number of hydrogen-bond donors (Lipinski definition) is 1. The lowest BCUT2D eigenvalue weighted by Crippen LogP contribution is -2.14. The summed E-state index contributed by atoms with van der Waals surface area (Å²) in [6, 6.07) is 7.39. The maximum absolute atomic E-state index is 12.5. The number of fused-ring (bicyclic) bond motifs is 1. The number of halogens is 3. The predicted molar refractivity (Wildman–Crippen MR) is 77.1 cm³/mol. The van der Waals surface area contributed by atoms with Crippen molar-refractivity contribution in [1.82, 2.24) is 14.4 Å². The molecule has 0 unspecified atom stereocenters. The first-order chi connectivity index (χ1) is 10.8. The number of imidazole rings is 1. The standard InChI is InChI=1S/C15H11F3N4O/c1-9-3-2-4-13-20-11(8-22(9)13)14(23)21-12-6-5-10(7-19-12)15(16,17)18/h2-8H,1H3,(H,19,21,23). The van der Waals surface area contributed by atoms with Crippen LogP contribution >= 0.6 is 0 Å². The molecule has 3 aromatic heterocycles. The predicted octanol–water partition coefficient (Wildman–Crippen LogP) is 3.31. The summed E-state index contributed by atoms with van der Waals surface area (Å²) in [5, 5.41) is 2.42. The van der Waals surface area contributed by atoms with E-state index in [2.05, 4.69) is 15.3 Å². The van der Waals surface area contributed by atoms with Gasteiger partial charge in [-0.05, 0) is 31.2 Å². The Morgan fingerprint density at radius 3 is 2.61 bits per heavy atom. The van der Waals surface area contributed by atoms with Gasteiger partial charge in [-0.1, -0.05) is 6.07 Å². The molecule has 118 valence electrons. The average molecular weight is 320 g/mol. The van der Waals surface area contributed by atoms with Crippen LogP contribution < -0.4 is 5.32 Å². The van der Waals surface area contributed by atoms with Crippen LogP contribution in [0.1, 0.15) is 21.7 Å². The summed E-state index contributed by atoms with van der Waals surface area (Å²) in [5.41, 5.74) is 0.789. The fraction of sp³-hybridized carbons (Fsp3) is 0.133. The highest BCUT2D eigenvalue weighted by Crippen LogP contribution is 2.28. The fourth-order valence-electron chi connectivity index (χ4n) is 2.07. The maximum Gasteiger partial charge on any atom is 0.417 e. The van der Waals surface area contributed by atoms with Gasteiger partial charge in [-0.25, -0.2) is 9.97 Å². The molecular weight excluding hydrogens is 309 g/mol. The number of amides is 1. The van der Waals surface area contributed by atoms with Crippen molar-refractivity contribution in [3.63, 3.8) is 0 Å². The van der Waals surface area contributed by atoms with Crippen LogP contribution in [0.4, 0.5) is 19.0 Å². The molecule has 3 rings (SSSR count). The zero-order valence-corrected chi connectivity index (χ0v) is 11.9. The van der Waals surface area contributed by atoms with Crippen molar-refractivity contribution in [1.29, 1.82) is 0 Å². The Labute approximate surface area is 128 Å². The van der Waals surface area contributed by atoms with Gasteiger partial charge >= 0.3 is 6.18 Å². The first kappa shape index (κ1) is 15.0. The summed E-state index contributed by atoms with van der Waals surface area (Å²) in [7, 11) is 0. The lowest BCUT2D eigenvalue weighted by atomic mass is 10.3. The molecule has 0 saturated carbocycles. The second-order valence-electron chi connectivity index (χ2n) is 4.91. The first-order valence-electron chi connectivity index (χ1n) is 6.64. The number of aromatic nitrogens is 3. The third-order valence-electron chi connectivity index (χ3n) is 3.26. The van der Waals surface area contributed by atoms with E-state index in [1.165, 1.54) is 0 Å². The minimum atomic E-state index is -4.46. The molecule has 0 aliphatic rings. The van der Waals surface area contributed by atoms with Crippen molar-refractivity contribution in [2.75, 3.05) is 5.32 Å². The van der Waals surface area contributed by atoms with Crippen LogP contribution in [0.3, 0.4) is 0 Å². The Hall–Kier alpha value is -2.90. The number of hydrogen-bond acceptors (Lipinski definition) is 3. The van der Waals surface area contributed by atoms with Crippen LogP contribution in [-0.2, 0) is 6.18 Å². The highest BCUT2D eigenvalue weighted by atomic mass is 19.4. The summed E-state index contributed by atoms with van der Waals surface area (Å²) in [5.74, 6) is -0.517. The number of aryl methyl sites for hydroxylation is 1. The van der Waals surface area contributed by atoms with E-state index in [1.54, 1.807) is 16.7 Å². The van der Waals surface area contributed by atoms with E-state index in [4.69, 9.17) is 0 Å². The minimum Gasteiger partial charge on any atom is -0.305 e. The molecule has 5 nitrogen and oxygen atoms in total. The van der Waals surface area contributed by atoms with E-state index in [0.717, 1.165) is 17.8 Å². The van der Waals surface area contributed by atoms with Crippen molar-refractivity contribution in [2.24, 2.45) is 0 Å². The summed E-state index contributed by atoms with van der Waals surface area (Å²) in [4.78, 5) is 19.9. The normalized spacial score (nSPS) is 11.7. The van der Waals surface area contributed by atoms with Crippen molar-refractivity contribution < 1.29 is 18.0 Å². The third kappa shape index (κ3) is 3.01. The second kappa shape index (κ2) is 5.38. The topological polar surface area (TPSA) is 59.3 Å². The first-order valence-corrected chi connectivity index (χ1v) is 6.64. The molecule has 23 heavy (non-hydrogen) atoms. The second-order valence-corrected chi connectivity index (χ2v) is 4.91. The number of pyridine rings is 2. The number of rotatable bonds is 2. The Kier molecular flexibility index (Phi) is 3.51. The van der Waals surface area contributed by atoms with Crippen molar-refractivity contribution in [2.45, 2.75) is 13.1 Å². The molecule has 1 amide bonds. The lowest BCUT2D eigenvalue weighted by Gasteiger charge is -2.07. The number of nitrogens with one attached hydrogen (secondary N) is 1. The Morgan fingerprint density at radius 1 is 1.22 bits per heavy atom. The highest BCUT2D eigenvalue weighted by Gasteiger charge is 2.30. The van der Waals surface area contributed by atoms with E-state index in [0.29, 0.717) is 11.8 Å². The smallest absolute Gasteiger partial charge is 0.305 e. The van der Waals surface area contributed by atoms with Gasteiger partial charge in [0, 0.05) is 18.1 Å². The summed E-state index contributed by atoms with van der Waals surface area (Å²) in [6.07, 6.45) is -2.23. The highest BCUT2D eigenvalue weighted by molar-refractivity contribution is 6.02. The number of carbonyl (C=O) groups is 1.